The van der Waals surface area contributed by atoms with Crippen LogP contribution >= 0.6 is 0 Å². The minimum atomic E-state index is 0.173. The van der Waals surface area contributed by atoms with Crippen molar-refractivity contribution in [3.63, 3.8) is 0 Å². The fraction of sp³-hybridized carbons (Fsp3) is 0.562. The molecule has 2 heteroatoms. The molecule has 0 heterocycles. The third-order valence-corrected chi connectivity index (χ3v) is 4.07. The van der Waals surface area contributed by atoms with Crippen LogP contribution < -0.4 is 5.32 Å². The number of rotatable bonds is 5. The first-order valence-electron chi connectivity index (χ1n) is 6.99. The highest BCUT2D eigenvalue weighted by Gasteiger charge is 2.23. The summed E-state index contributed by atoms with van der Waals surface area (Å²) in [6.07, 6.45) is 5.95. The van der Waals surface area contributed by atoms with Gasteiger partial charge in [-0.05, 0) is 31.2 Å². The molecule has 2 nitrogen and oxygen atoms in total. The van der Waals surface area contributed by atoms with Crippen LogP contribution in [0, 0.1) is 17.2 Å². The van der Waals surface area contributed by atoms with E-state index >= 15 is 0 Å². The molecule has 1 aromatic rings. The fourth-order valence-corrected chi connectivity index (χ4v) is 2.96. The quantitative estimate of drug-likeness (QED) is 0.852. The van der Waals surface area contributed by atoms with Crippen molar-refractivity contribution in [2.45, 2.75) is 51.1 Å². The maximum absolute atomic E-state index is 8.99. The van der Waals surface area contributed by atoms with Crippen molar-refractivity contribution >= 4 is 0 Å². The van der Waals surface area contributed by atoms with Gasteiger partial charge in [-0.3, -0.25) is 0 Å². The minimum Gasteiger partial charge on any atom is -0.306 e. The summed E-state index contributed by atoms with van der Waals surface area (Å²) in [5.41, 5.74) is 1.23. The first-order chi connectivity index (χ1) is 8.81. The zero-order valence-corrected chi connectivity index (χ0v) is 11.1. The molecule has 2 rings (SSSR count). The molecule has 0 radical (unpaired) electrons. The number of benzene rings is 1. The third kappa shape index (κ3) is 3.34. The Balaban J connectivity index is 2.00. The van der Waals surface area contributed by atoms with Crippen LogP contribution in [0.5, 0.6) is 0 Å². The van der Waals surface area contributed by atoms with E-state index in [0.29, 0.717) is 12.5 Å². The molecule has 0 aliphatic heterocycles. The molecule has 1 unspecified atom stereocenters. The van der Waals surface area contributed by atoms with E-state index in [2.05, 4.69) is 30.4 Å². The molecule has 1 saturated carbocycles. The van der Waals surface area contributed by atoms with Gasteiger partial charge in [-0.2, -0.15) is 5.26 Å². The van der Waals surface area contributed by atoms with Crippen molar-refractivity contribution in [2.24, 2.45) is 5.92 Å². The Bertz CT molecular complexity index is 387. The molecule has 1 aliphatic carbocycles. The standard InChI is InChI=1S/C16H22N2/c1-13(14-7-5-6-8-14)18-16(11-12-17)15-9-3-2-4-10-15/h2-4,9-10,13-14,16,18H,5-8,11H2,1H3/t13-,16?/m0/s1. The van der Waals surface area contributed by atoms with E-state index in [0.717, 1.165) is 5.92 Å². The van der Waals surface area contributed by atoms with Gasteiger partial charge in [0.25, 0.3) is 0 Å². The molecule has 0 aromatic heterocycles. The predicted molar refractivity (Wildman–Crippen MR) is 74.0 cm³/mol. The molecule has 1 aliphatic rings. The average Bonchev–Trinajstić information content (AvgIpc) is 2.93. The molecule has 18 heavy (non-hydrogen) atoms. The minimum absolute atomic E-state index is 0.173. The second kappa shape index (κ2) is 6.56. The van der Waals surface area contributed by atoms with Gasteiger partial charge in [0.1, 0.15) is 0 Å². The van der Waals surface area contributed by atoms with Crippen molar-refractivity contribution in [2.75, 3.05) is 0 Å². The lowest BCUT2D eigenvalue weighted by atomic mass is 9.96. The zero-order chi connectivity index (χ0) is 12.8. The molecule has 1 aromatic carbocycles. The van der Waals surface area contributed by atoms with Crippen LogP contribution in [0.3, 0.4) is 0 Å². The molecule has 0 spiro atoms. The van der Waals surface area contributed by atoms with Gasteiger partial charge in [-0.25, -0.2) is 0 Å². The first-order valence-corrected chi connectivity index (χ1v) is 6.99. The summed E-state index contributed by atoms with van der Waals surface area (Å²) in [6, 6.07) is 13.3. The average molecular weight is 242 g/mol. The van der Waals surface area contributed by atoms with Crippen molar-refractivity contribution in [1.29, 1.82) is 5.26 Å². The summed E-state index contributed by atoms with van der Waals surface area (Å²) in [7, 11) is 0. The molecule has 96 valence electrons. The topological polar surface area (TPSA) is 35.8 Å². The van der Waals surface area contributed by atoms with E-state index in [1.807, 2.05) is 18.2 Å². The van der Waals surface area contributed by atoms with E-state index in [1.165, 1.54) is 31.2 Å². The fourth-order valence-electron chi connectivity index (χ4n) is 2.96. The molecular weight excluding hydrogens is 220 g/mol. The highest BCUT2D eigenvalue weighted by molar-refractivity contribution is 5.20. The second-order valence-corrected chi connectivity index (χ2v) is 5.33. The maximum Gasteiger partial charge on any atom is 0.0641 e. The smallest absolute Gasteiger partial charge is 0.0641 e. The van der Waals surface area contributed by atoms with E-state index in [9.17, 15) is 0 Å². The van der Waals surface area contributed by atoms with Gasteiger partial charge in [0, 0.05) is 12.1 Å². The molecular formula is C16H22N2. The number of hydrogen-bond donors (Lipinski definition) is 1. The lowest BCUT2D eigenvalue weighted by molar-refractivity contribution is 0.345. The van der Waals surface area contributed by atoms with Crippen LogP contribution in [-0.2, 0) is 0 Å². The molecule has 0 saturated heterocycles. The summed E-state index contributed by atoms with van der Waals surface area (Å²) in [5, 5.41) is 12.6. The van der Waals surface area contributed by atoms with Crippen molar-refractivity contribution in [3.8, 4) is 6.07 Å². The molecule has 0 amide bonds. The number of nitriles is 1. The van der Waals surface area contributed by atoms with Gasteiger partial charge in [0.05, 0.1) is 12.5 Å². The number of nitrogens with zero attached hydrogens (tertiary/aromatic N) is 1. The summed E-state index contributed by atoms with van der Waals surface area (Å²) in [5.74, 6) is 0.787. The van der Waals surface area contributed by atoms with Crippen LogP contribution in [0.1, 0.15) is 50.6 Å². The van der Waals surface area contributed by atoms with E-state index in [1.54, 1.807) is 0 Å². The number of hydrogen-bond acceptors (Lipinski definition) is 2. The van der Waals surface area contributed by atoms with Crippen LogP contribution in [0.4, 0.5) is 0 Å². The Morgan fingerprint density at radius 1 is 1.28 bits per heavy atom. The molecule has 0 bridgehead atoms. The van der Waals surface area contributed by atoms with Crippen LogP contribution in [0.25, 0.3) is 0 Å². The van der Waals surface area contributed by atoms with E-state index in [4.69, 9.17) is 5.26 Å². The Morgan fingerprint density at radius 3 is 2.56 bits per heavy atom. The Labute approximate surface area is 110 Å². The third-order valence-electron chi connectivity index (χ3n) is 4.07. The highest BCUT2D eigenvalue weighted by Crippen LogP contribution is 2.29. The Kier molecular flexibility index (Phi) is 4.78. The summed E-state index contributed by atoms with van der Waals surface area (Å²) in [4.78, 5) is 0. The van der Waals surface area contributed by atoms with Crippen LogP contribution in [0.2, 0.25) is 0 Å². The number of nitrogens with one attached hydrogen (secondary N) is 1. The van der Waals surface area contributed by atoms with Gasteiger partial charge >= 0.3 is 0 Å². The van der Waals surface area contributed by atoms with Crippen LogP contribution in [-0.4, -0.2) is 6.04 Å². The molecule has 1 fully saturated rings. The normalized spacial score (nSPS) is 19.3. The Hall–Kier alpha value is -1.33. The van der Waals surface area contributed by atoms with Crippen molar-refractivity contribution in [1.82, 2.24) is 5.32 Å². The monoisotopic (exact) mass is 242 g/mol. The van der Waals surface area contributed by atoms with Gasteiger partial charge in [0.2, 0.25) is 0 Å². The SMILES string of the molecule is C[C@H](NC(CC#N)c1ccccc1)C1CCCC1. The largest absolute Gasteiger partial charge is 0.306 e. The zero-order valence-electron chi connectivity index (χ0n) is 11.1. The Morgan fingerprint density at radius 2 is 1.94 bits per heavy atom. The van der Waals surface area contributed by atoms with Crippen molar-refractivity contribution < 1.29 is 0 Å². The van der Waals surface area contributed by atoms with Crippen molar-refractivity contribution in [3.05, 3.63) is 35.9 Å². The summed E-state index contributed by atoms with van der Waals surface area (Å²) in [6.45, 7) is 2.27. The van der Waals surface area contributed by atoms with Gasteiger partial charge in [-0.15, -0.1) is 0 Å². The van der Waals surface area contributed by atoms with E-state index < -0.39 is 0 Å². The lowest BCUT2D eigenvalue weighted by Crippen LogP contribution is -2.35. The molecule has 1 N–H and O–H groups in total. The van der Waals surface area contributed by atoms with Gasteiger partial charge in [-0.1, -0.05) is 43.2 Å². The molecule has 2 atom stereocenters. The predicted octanol–water partition coefficient (Wildman–Crippen LogP) is 3.81. The maximum atomic E-state index is 8.99. The van der Waals surface area contributed by atoms with Crippen LogP contribution in [0.15, 0.2) is 30.3 Å². The highest BCUT2D eigenvalue weighted by atomic mass is 15.0. The van der Waals surface area contributed by atoms with E-state index in [-0.39, 0.29) is 6.04 Å². The summed E-state index contributed by atoms with van der Waals surface area (Å²) >= 11 is 0. The first kappa shape index (κ1) is 13.1. The van der Waals surface area contributed by atoms with Gasteiger partial charge < -0.3 is 5.32 Å². The second-order valence-electron chi connectivity index (χ2n) is 5.33. The lowest BCUT2D eigenvalue weighted by Gasteiger charge is -2.26. The van der Waals surface area contributed by atoms with Gasteiger partial charge in [0.15, 0.2) is 0 Å². The summed E-state index contributed by atoms with van der Waals surface area (Å²) < 4.78 is 0.